The van der Waals surface area contributed by atoms with Crippen LogP contribution in [-0.4, -0.2) is 28.9 Å². The number of amides is 2. The van der Waals surface area contributed by atoms with Gasteiger partial charge < -0.3 is 15.4 Å². The highest BCUT2D eigenvalue weighted by Crippen LogP contribution is 2.41. The highest BCUT2D eigenvalue weighted by atomic mass is 16.5. The average molecular weight is 368 g/mol. The molecule has 3 rings (SSSR count). The summed E-state index contributed by atoms with van der Waals surface area (Å²) in [7, 11) is 1.56. The molecule has 0 radical (unpaired) electrons. The zero-order chi connectivity index (χ0) is 19.6. The van der Waals surface area contributed by atoms with E-state index in [4.69, 9.17) is 4.74 Å². The minimum atomic E-state index is -0.195. The summed E-state index contributed by atoms with van der Waals surface area (Å²) in [5.41, 5.74) is 2.91. The Morgan fingerprint density at radius 1 is 1.41 bits per heavy atom. The lowest BCUT2D eigenvalue weighted by Gasteiger charge is -2.27. The molecule has 7 nitrogen and oxygen atoms in total. The van der Waals surface area contributed by atoms with Gasteiger partial charge in [0.1, 0.15) is 11.6 Å². The lowest BCUT2D eigenvalue weighted by atomic mass is 9.87. The molecule has 0 aliphatic carbocycles. The van der Waals surface area contributed by atoms with Gasteiger partial charge in [0.2, 0.25) is 11.8 Å². The van der Waals surface area contributed by atoms with Crippen LogP contribution in [0.15, 0.2) is 24.4 Å². The van der Waals surface area contributed by atoms with Crippen molar-refractivity contribution in [2.24, 2.45) is 0 Å². The summed E-state index contributed by atoms with van der Waals surface area (Å²) < 4.78 is 5.47. The van der Waals surface area contributed by atoms with Crippen LogP contribution in [0.4, 0.5) is 11.4 Å². The van der Waals surface area contributed by atoms with Gasteiger partial charge in [-0.3, -0.25) is 9.59 Å². The van der Waals surface area contributed by atoms with Crippen molar-refractivity contribution in [3.05, 3.63) is 41.5 Å². The van der Waals surface area contributed by atoms with E-state index in [0.29, 0.717) is 30.0 Å². The Labute approximate surface area is 158 Å². The van der Waals surface area contributed by atoms with Crippen molar-refractivity contribution in [2.75, 3.05) is 17.7 Å². The molecule has 1 aromatic carbocycles. The zero-order valence-corrected chi connectivity index (χ0v) is 16.0. The Hall–Kier alpha value is -2.96. The Morgan fingerprint density at radius 2 is 2.19 bits per heavy atom. The molecule has 0 saturated heterocycles. The van der Waals surface area contributed by atoms with Gasteiger partial charge in [0, 0.05) is 36.6 Å². The van der Waals surface area contributed by atoms with Crippen molar-refractivity contribution in [3.63, 3.8) is 0 Å². The lowest BCUT2D eigenvalue weighted by molar-refractivity contribution is -0.117. The number of hydrogen-bond acceptors (Lipinski definition) is 5. The van der Waals surface area contributed by atoms with Crippen LogP contribution in [0.1, 0.15) is 62.5 Å². The number of fused-ring (bicyclic) bond motifs is 1. The summed E-state index contributed by atoms with van der Waals surface area (Å²) in [6.45, 7) is 5.85. The van der Waals surface area contributed by atoms with Gasteiger partial charge in [-0.15, -0.1) is 0 Å². The number of nitrogens with zero attached hydrogens (tertiary/aromatic N) is 2. The van der Waals surface area contributed by atoms with Crippen LogP contribution in [0.3, 0.4) is 0 Å². The largest absolute Gasteiger partial charge is 0.495 e. The van der Waals surface area contributed by atoms with Crippen LogP contribution >= 0.6 is 0 Å². The molecule has 2 heterocycles. The van der Waals surface area contributed by atoms with Gasteiger partial charge in [-0.25, -0.2) is 9.97 Å². The number of nitrogens with one attached hydrogen (secondary N) is 2. The normalized spacial score (nSPS) is 15.9. The number of ether oxygens (including phenoxy) is 1. The number of methoxy groups -OCH3 is 1. The van der Waals surface area contributed by atoms with E-state index in [2.05, 4.69) is 20.6 Å². The number of hydrogen-bond donors (Lipinski definition) is 2. The second kappa shape index (κ2) is 7.73. The van der Waals surface area contributed by atoms with E-state index in [-0.39, 0.29) is 23.7 Å². The molecule has 0 saturated carbocycles. The predicted octanol–water partition coefficient (Wildman–Crippen LogP) is 3.43. The van der Waals surface area contributed by atoms with Gasteiger partial charge >= 0.3 is 0 Å². The van der Waals surface area contributed by atoms with Crippen molar-refractivity contribution in [2.45, 2.75) is 45.4 Å². The summed E-state index contributed by atoms with van der Waals surface area (Å²) in [5.74, 6) is 1.09. The molecule has 27 heavy (non-hydrogen) atoms. The summed E-state index contributed by atoms with van der Waals surface area (Å²) >= 11 is 0. The first-order chi connectivity index (χ1) is 12.9. The fourth-order valence-corrected chi connectivity index (χ4v) is 3.12. The number of carbonyl (C=O) groups is 2. The molecular weight excluding hydrogens is 344 g/mol. The smallest absolute Gasteiger partial charge is 0.225 e. The second-order valence-corrected chi connectivity index (χ2v) is 6.84. The molecule has 2 N–H and O–H groups in total. The molecule has 1 aliphatic rings. The molecule has 0 bridgehead atoms. The first kappa shape index (κ1) is 18.8. The first-order valence-electron chi connectivity index (χ1n) is 9.07. The van der Waals surface area contributed by atoms with Crippen molar-refractivity contribution in [3.8, 4) is 5.75 Å². The highest BCUT2D eigenvalue weighted by molar-refractivity contribution is 5.98. The van der Waals surface area contributed by atoms with Crippen LogP contribution in [0.25, 0.3) is 0 Å². The monoisotopic (exact) mass is 368 g/mol. The summed E-state index contributed by atoms with van der Waals surface area (Å²) in [6.07, 6.45) is 2.39. The number of aromatic nitrogens is 2. The maximum Gasteiger partial charge on any atom is 0.225 e. The Kier molecular flexibility index (Phi) is 5.39. The topological polar surface area (TPSA) is 93.2 Å². The van der Waals surface area contributed by atoms with E-state index < -0.39 is 0 Å². The van der Waals surface area contributed by atoms with Crippen molar-refractivity contribution in [1.29, 1.82) is 0 Å². The minimum absolute atomic E-state index is 0.0878. The van der Waals surface area contributed by atoms with Crippen molar-refractivity contribution >= 4 is 23.2 Å². The Morgan fingerprint density at radius 3 is 2.85 bits per heavy atom. The number of anilines is 2. The zero-order valence-electron chi connectivity index (χ0n) is 16.0. The van der Waals surface area contributed by atoms with E-state index in [9.17, 15) is 9.59 Å². The number of carbonyl (C=O) groups excluding carboxylic acids is 2. The SMILES string of the molecule is CCC(=O)Nc1cc2c(cc1OC)[C@H](c1ccnc(C(C)C)n1)CC(=O)N2. The predicted molar refractivity (Wildman–Crippen MR) is 103 cm³/mol. The molecule has 2 aromatic rings. The summed E-state index contributed by atoms with van der Waals surface area (Å²) in [4.78, 5) is 33.1. The fraction of sp³-hybridized carbons (Fsp3) is 0.400. The van der Waals surface area contributed by atoms with E-state index >= 15 is 0 Å². The second-order valence-electron chi connectivity index (χ2n) is 6.84. The maximum absolute atomic E-state index is 12.3. The van der Waals surface area contributed by atoms with Crippen LogP contribution in [0.5, 0.6) is 5.75 Å². The standard InChI is InChI=1S/C20H24N4O3/c1-5-18(25)23-16-10-15-12(8-17(16)27-4)13(9-19(26)22-15)14-6-7-21-20(24-14)11(2)3/h6-8,10-11,13H,5,9H2,1-4H3,(H,22,26)(H,23,25)/t13-/m1/s1. The van der Waals surface area contributed by atoms with E-state index in [0.717, 1.165) is 17.1 Å². The Balaban J connectivity index is 2.07. The van der Waals surface area contributed by atoms with E-state index in [1.54, 1.807) is 26.3 Å². The van der Waals surface area contributed by atoms with Crippen LogP contribution < -0.4 is 15.4 Å². The van der Waals surface area contributed by atoms with Crippen LogP contribution in [0, 0.1) is 0 Å². The third-order valence-corrected chi connectivity index (χ3v) is 4.58. The van der Waals surface area contributed by atoms with Gasteiger partial charge in [0.25, 0.3) is 0 Å². The molecule has 142 valence electrons. The fourth-order valence-electron chi connectivity index (χ4n) is 3.12. The van der Waals surface area contributed by atoms with Crippen molar-refractivity contribution in [1.82, 2.24) is 9.97 Å². The first-order valence-corrected chi connectivity index (χ1v) is 9.07. The Bertz CT molecular complexity index is 880. The number of benzene rings is 1. The van der Waals surface area contributed by atoms with Gasteiger partial charge in [0.15, 0.2) is 0 Å². The summed E-state index contributed by atoms with van der Waals surface area (Å²) in [6, 6.07) is 5.45. The number of rotatable bonds is 5. The lowest BCUT2D eigenvalue weighted by Crippen LogP contribution is -2.25. The van der Waals surface area contributed by atoms with Crippen LogP contribution in [-0.2, 0) is 9.59 Å². The van der Waals surface area contributed by atoms with Gasteiger partial charge in [0.05, 0.1) is 18.5 Å². The average Bonchev–Trinajstić information content (AvgIpc) is 2.66. The highest BCUT2D eigenvalue weighted by Gasteiger charge is 2.29. The third-order valence-electron chi connectivity index (χ3n) is 4.58. The quantitative estimate of drug-likeness (QED) is 0.843. The minimum Gasteiger partial charge on any atom is -0.495 e. The van der Waals surface area contributed by atoms with Gasteiger partial charge in [-0.2, -0.15) is 0 Å². The molecule has 0 fully saturated rings. The molecule has 7 heteroatoms. The van der Waals surface area contributed by atoms with E-state index in [1.807, 2.05) is 26.0 Å². The molecule has 2 amide bonds. The van der Waals surface area contributed by atoms with E-state index in [1.165, 1.54) is 0 Å². The molecule has 1 atom stereocenters. The van der Waals surface area contributed by atoms with Gasteiger partial charge in [-0.05, 0) is 23.8 Å². The molecule has 1 aromatic heterocycles. The van der Waals surface area contributed by atoms with Crippen LogP contribution in [0.2, 0.25) is 0 Å². The maximum atomic E-state index is 12.3. The van der Waals surface area contributed by atoms with Crippen molar-refractivity contribution < 1.29 is 14.3 Å². The molecule has 1 aliphatic heterocycles. The molecule has 0 unspecified atom stereocenters. The third kappa shape index (κ3) is 3.92. The summed E-state index contributed by atoms with van der Waals surface area (Å²) in [5, 5.41) is 5.70. The van der Waals surface area contributed by atoms with Gasteiger partial charge in [-0.1, -0.05) is 20.8 Å². The molecule has 0 spiro atoms. The molecular formula is C20H24N4O3.